The number of aryl methyl sites for hydroxylation is 1. The molecule has 3 nitrogen and oxygen atoms in total. The number of benzene rings is 2. The molecule has 0 bridgehead atoms. The van der Waals surface area contributed by atoms with E-state index in [4.69, 9.17) is 21.1 Å². The minimum Gasteiger partial charge on any atom is -0.485 e. The summed E-state index contributed by atoms with van der Waals surface area (Å²) >= 11 is 7.20. The highest BCUT2D eigenvalue weighted by Gasteiger charge is 2.21. The molecule has 1 unspecified atom stereocenters. The van der Waals surface area contributed by atoms with Gasteiger partial charge in [-0.15, -0.1) is 0 Å². The summed E-state index contributed by atoms with van der Waals surface area (Å²) in [4.78, 5) is 4.10. The second-order valence-electron chi connectivity index (χ2n) is 5.36. The minimum atomic E-state index is 0.119. The Labute approximate surface area is 143 Å². The molecule has 0 saturated carbocycles. The van der Waals surface area contributed by atoms with Gasteiger partial charge in [0.2, 0.25) is 0 Å². The molecule has 23 heavy (non-hydrogen) atoms. The predicted molar refractivity (Wildman–Crippen MR) is 91.8 cm³/mol. The normalized spacial score (nSPS) is 16.5. The highest BCUT2D eigenvalue weighted by atomic mass is 35.5. The second kappa shape index (κ2) is 6.22. The first-order valence-electron chi connectivity index (χ1n) is 7.41. The van der Waals surface area contributed by atoms with E-state index in [1.165, 1.54) is 16.9 Å². The Kier molecular flexibility index (Phi) is 3.93. The number of hydrogen-bond acceptors (Lipinski definition) is 4. The molecule has 1 aromatic heterocycles. The molecule has 1 atom stereocenters. The SMILES string of the molecule is Clc1csc(Oc2ccc3c(c2)CCC(c2ccccc2)O3)n1. The fourth-order valence-electron chi connectivity index (χ4n) is 2.72. The monoisotopic (exact) mass is 343 g/mol. The van der Waals surface area contributed by atoms with Gasteiger partial charge in [-0.2, -0.15) is 4.98 Å². The lowest BCUT2D eigenvalue weighted by molar-refractivity contribution is 0.176. The number of nitrogens with zero attached hydrogens (tertiary/aromatic N) is 1. The van der Waals surface area contributed by atoms with E-state index in [2.05, 4.69) is 17.1 Å². The second-order valence-corrected chi connectivity index (χ2v) is 6.57. The Bertz CT molecular complexity index is 819. The summed E-state index contributed by atoms with van der Waals surface area (Å²) in [5.74, 6) is 1.69. The van der Waals surface area contributed by atoms with Crippen molar-refractivity contribution in [3.63, 3.8) is 0 Å². The summed E-state index contributed by atoms with van der Waals surface area (Å²) < 4.78 is 11.9. The van der Waals surface area contributed by atoms with Gasteiger partial charge < -0.3 is 9.47 Å². The quantitative estimate of drug-likeness (QED) is 0.615. The first kappa shape index (κ1) is 14.5. The molecule has 0 N–H and O–H groups in total. The molecule has 0 amide bonds. The minimum absolute atomic E-state index is 0.119. The van der Waals surface area contributed by atoms with E-state index in [1.54, 1.807) is 5.38 Å². The van der Waals surface area contributed by atoms with E-state index in [0.29, 0.717) is 10.3 Å². The fourth-order valence-corrected chi connectivity index (χ4v) is 3.52. The van der Waals surface area contributed by atoms with Gasteiger partial charge in [0, 0.05) is 5.38 Å². The van der Waals surface area contributed by atoms with Crippen molar-refractivity contribution in [3.05, 3.63) is 70.2 Å². The molecule has 5 heteroatoms. The van der Waals surface area contributed by atoms with E-state index in [9.17, 15) is 0 Å². The Balaban J connectivity index is 1.53. The van der Waals surface area contributed by atoms with Gasteiger partial charge in [-0.3, -0.25) is 0 Å². The van der Waals surface area contributed by atoms with Crippen molar-refractivity contribution >= 4 is 22.9 Å². The number of rotatable bonds is 3. The largest absolute Gasteiger partial charge is 0.485 e. The molecule has 4 rings (SSSR count). The average molecular weight is 344 g/mol. The van der Waals surface area contributed by atoms with Crippen LogP contribution in [0.1, 0.15) is 23.7 Å². The van der Waals surface area contributed by atoms with Gasteiger partial charge in [0.1, 0.15) is 22.8 Å². The first-order chi connectivity index (χ1) is 11.3. The highest BCUT2D eigenvalue weighted by molar-refractivity contribution is 7.11. The molecule has 116 valence electrons. The van der Waals surface area contributed by atoms with Crippen LogP contribution in [0, 0.1) is 0 Å². The third-order valence-corrected chi connectivity index (χ3v) is 4.85. The van der Waals surface area contributed by atoms with Crippen LogP contribution in [0.15, 0.2) is 53.9 Å². The summed E-state index contributed by atoms with van der Waals surface area (Å²) in [6.45, 7) is 0. The van der Waals surface area contributed by atoms with Crippen LogP contribution in [-0.2, 0) is 6.42 Å². The van der Waals surface area contributed by atoms with Crippen LogP contribution >= 0.6 is 22.9 Å². The van der Waals surface area contributed by atoms with E-state index in [0.717, 1.165) is 29.9 Å². The number of ether oxygens (including phenoxy) is 2. The molecule has 0 radical (unpaired) electrons. The lowest BCUT2D eigenvalue weighted by Gasteiger charge is -2.26. The third-order valence-electron chi connectivity index (χ3n) is 3.81. The molecular weight excluding hydrogens is 330 g/mol. The third kappa shape index (κ3) is 3.19. The summed E-state index contributed by atoms with van der Waals surface area (Å²) in [6, 6.07) is 16.2. The maximum Gasteiger partial charge on any atom is 0.280 e. The Morgan fingerprint density at radius 3 is 2.83 bits per heavy atom. The van der Waals surface area contributed by atoms with Crippen molar-refractivity contribution in [2.75, 3.05) is 0 Å². The zero-order valence-electron chi connectivity index (χ0n) is 12.2. The van der Waals surface area contributed by atoms with Gasteiger partial charge in [-0.25, -0.2) is 0 Å². The molecule has 2 heterocycles. The van der Waals surface area contributed by atoms with Crippen LogP contribution in [0.25, 0.3) is 0 Å². The van der Waals surface area contributed by atoms with Crippen molar-refractivity contribution in [3.8, 4) is 16.7 Å². The molecule has 1 aliphatic rings. The van der Waals surface area contributed by atoms with Gasteiger partial charge in [0.15, 0.2) is 0 Å². The summed E-state index contributed by atoms with van der Waals surface area (Å²) in [5, 5.41) is 2.76. The zero-order valence-corrected chi connectivity index (χ0v) is 13.8. The number of fused-ring (bicyclic) bond motifs is 1. The van der Waals surface area contributed by atoms with Crippen LogP contribution in [0.4, 0.5) is 0 Å². The number of thiazole rings is 1. The number of hydrogen-bond donors (Lipinski definition) is 0. The fraction of sp³-hybridized carbons (Fsp3) is 0.167. The lowest BCUT2D eigenvalue weighted by atomic mass is 9.97. The average Bonchev–Trinajstić information content (AvgIpc) is 3.00. The van der Waals surface area contributed by atoms with E-state index < -0.39 is 0 Å². The molecule has 0 saturated heterocycles. The maximum atomic E-state index is 6.14. The van der Waals surface area contributed by atoms with E-state index in [-0.39, 0.29) is 6.10 Å². The number of halogens is 1. The highest BCUT2D eigenvalue weighted by Crippen LogP contribution is 2.37. The first-order valence-corrected chi connectivity index (χ1v) is 8.67. The summed E-state index contributed by atoms with van der Waals surface area (Å²) in [5.41, 5.74) is 2.38. The molecule has 2 aromatic carbocycles. The summed E-state index contributed by atoms with van der Waals surface area (Å²) in [7, 11) is 0. The van der Waals surface area contributed by atoms with Gasteiger partial charge in [0.05, 0.1) is 0 Å². The standard InChI is InChI=1S/C18H14ClNO2S/c19-17-11-23-18(20-17)21-14-7-9-16-13(10-14)6-8-15(22-16)12-4-2-1-3-5-12/h1-5,7,9-11,15H,6,8H2. The molecule has 0 aliphatic carbocycles. The molecule has 1 aliphatic heterocycles. The van der Waals surface area contributed by atoms with E-state index >= 15 is 0 Å². The zero-order chi connectivity index (χ0) is 15.6. The van der Waals surface area contributed by atoms with Crippen molar-refractivity contribution in [1.82, 2.24) is 4.98 Å². The van der Waals surface area contributed by atoms with Gasteiger partial charge in [0.25, 0.3) is 5.19 Å². The Hall–Kier alpha value is -2.04. The van der Waals surface area contributed by atoms with Crippen LogP contribution in [-0.4, -0.2) is 4.98 Å². The van der Waals surface area contributed by atoms with Crippen LogP contribution in [0.5, 0.6) is 16.7 Å². The van der Waals surface area contributed by atoms with Gasteiger partial charge in [-0.05, 0) is 42.2 Å². The van der Waals surface area contributed by atoms with Crippen LogP contribution in [0.3, 0.4) is 0 Å². The topological polar surface area (TPSA) is 31.4 Å². The maximum absolute atomic E-state index is 6.14. The van der Waals surface area contributed by atoms with Crippen molar-refractivity contribution < 1.29 is 9.47 Å². The molecule has 0 fully saturated rings. The predicted octanol–water partition coefficient (Wildman–Crippen LogP) is 5.66. The van der Waals surface area contributed by atoms with Crippen molar-refractivity contribution in [2.24, 2.45) is 0 Å². The Morgan fingerprint density at radius 1 is 1.17 bits per heavy atom. The molecule has 0 spiro atoms. The van der Waals surface area contributed by atoms with Crippen molar-refractivity contribution in [1.29, 1.82) is 0 Å². The van der Waals surface area contributed by atoms with Crippen molar-refractivity contribution in [2.45, 2.75) is 18.9 Å². The Morgan fingerprint density at radius 2 is 2.04 bits per heavy atom. The van der Waals surface area contributed by atoms with Gasteiger partial charge >= 0.3 is 0 Å². The smallest absolute Gasteiger partial charge is 0.280 e. The van der Waals surface area contributed by atoms with Gasteiger partial charge in [-0.1, -0.05) is 53.3 Å². The van der Waals surface area contributed by atoms with E-state index in [1.807, 2.05) is 36.4 Å². The van der Waals surface area contributed by atoms with Crippen LogP contribution < -0.4 is 9.47 Å². The molecular formula is C18H14ClNO2S. The van der Waals surface area contributed by atoms with Crippen LogP contribution in [0.2, 0.25) is 5.15 Å². The summed E-state index contributed by atoms with van der Waals surface area (Å²) in [6.07, 6.45) is 2.04. The lowest BCUT2D eigenvalue weighted by Crippen LogP contribution is -2.15. The molecule has 3 aromatic rings. The number of aromatic nitrogens is 1.